The van der Waals surface area contributed by atoms with E-state index in [1.54, 1.807) is 4.68 Å². The van der Waals surface area contributed by atoms with E-state index >= 15 is 0 Å². The van der Waals surface area contributed by atoms with Gasteiger partial charge in [0.2, 0.25) is 0 Å². The number of hydrogen-bond donors (Lipinski definition) is 1. The highest BCUT2D eigenvalue weighted by Gasteiger charge is 2.38. The second-order valence-corrected chi connectivity index (χ2v) is 15.3. The van der Waals surface area contributed by atoms with Gasteiger partial charge in [-0.2, -0.15) is 5.10 Å². The smallest absolute Gasteiger partial charge is 0.192 e. The zero-order valence-electron chi connectivity index (χ0n) is 16.1. The zero-order chi connectivity index (χ0) is 18.1. The maximum absolute atomic E-state index is 12.5. The lowest BCUT2D eigenvalue weighted by Crippen LogP contribution is -2.44. The molecule has 0 bridgehead atoms. The molecule has 1 aromatic heterocycles. The molecular formula is C16H33N3O2SSi. The van der Waals surface area contributed by atoms with Crippen LogP contribution < -0.4 is 4.72 Å². The van der Waals surface area contributed by atoms with Crippen molar-refractivity contribution in [1.29, 1.82) is 0 Å². The number of aryl methyl sites for hydroxylation is 1. The Morgan fingerprint density at radius 2 is 1.87 bits per heavy atom. The third-order valence-electron chi connectivity index (χ3n) is 4.31. The Labute approximate surface area is 144 Å². The van der Waals surface area contributed by atoms with Crippen molar-refractivity contribution >= 4 is 19.3 Å². The Morgan fingerprint density at radius 3 is 2.26 bits per heavy atom. The van der Waals surface area contributed by atoms with Gasteiger partial charge in [-0.25, -0.2) is 8.93 Å². The van der Waals surface area contributed by atoms with Crippen LogP contribution in [0.3, 0.4) is 0 Å². The number of nitrogens with one attached hydrogen (secondary N) is 1. The summed E-state index contributed by atoms with van der Waals surface area (Å²) in [6, 6.07) is 1.78. The highest BCUT2D eigenvalue weighted by atomic mass is 32.2. The number of hydrogen-bond acceptors (Lipinski definition) is 3. The first-order valence-corrected chi connectivity index (χ1v) is 12.1. The number of rotatable bonds is 6. The van der Waals surface area contributed by atoms with Gasteiger partial charge in [0.05, 0.1) is 34.1 Å². The molecule has 1 aromatic rings. The van der Waals surface area contributed by atoms with Crippen molar-refractivity contribution < 1.29 is 8.63 Å². The summed E-state index contributed by atoms with van der Waals surface area (Å²) < 4.78 is 23.5. The van der Waals surface area contributed by atoms with E-state index in [4.69, 9.17) is 4.43 Å². The Kier molecular flexibility index (Phi) is 6.40. The van der Waals surface area contributed by atoms with Crippen molar-refractivity contribution in [3.8, 4) is 0 Å². The first-order chi connectivity index (χ1) is 10.2. The van der Waals surface area contributed by atoms with E-state index in [1.165, 1.54) is 0 Å². The topological polar surface area (TPSA) is 56.1 Å². The molecular weight excluding hydrogens is 326 g/mol. The van der Waals surface area contributed by atoms with Crippen LogP contribution in [0.4, 0.5) is 0 Å². The van der Waals surface area contributed by atoms with E-state index in [2.05, 4.69) is 43.7 Å². The lowest BCUT2D eigenvalue weighted by Gasteiger charge is -2.37. The summed E-state index contributed by atoms with van der Waals surface area (Å²) >= 11 is 0. The van der Waals surface area contributed by atoms with Crippen LogP contribution in [-0.4, -0.2) is 33.7 Å². The largest absolute Gasteiger partial charge is 0.415 e. The molecule has 134 valence electrons. The highest BCUT2D eigenvalue weighted by molar-refractivity contribution is 7.84. The fourth-order valence-corrected chi connectivity index (χ4v) is 3.43. The van der Waals surface area contributed by atoms with Crippen LogP contribution in [0.1, 0.15) is 53.3 Å². The standard InChI is InChI=1S/C16H33N3O2SSi/c1-15(2,3)22(20)18-14(13-10-11-19(7)17-13)12-21-23(8,9)16(4,5)6/h10-11,14,18H,12H2,1-9H3/t14-,22?/m1/s1. The molecule has 0 amide bonds. The average molecular weight is 360 g/mol. The first kappa shape index (κ1) is 20.5. The van der Waals surface area contributed by atoms with E-state index in [1.807, 2.05) is 40.1 Å². The van der Waals surface area contributed by atoms with Gasteiger partial charge in [0.15, 0.2) is 8.32 Å². The normalized spacial score (nSPS) is 16.4. The Morgan fingerprint density at radius 1 is 1.30 bits per heavy atom. The van der Waals surface area contributed by atoms with Gasteiger partial charge in [0.1, 0.15) is 0 Å². The molecule has 1 heterocycles. The molecule has 0 saturated heterocycles. The van der Waals surface area contributed by atoms with Crippen molar-refractivity contribution in [3.05, 3.63) is 18.0 Å². The fourth-order valence-electron chi connectivity index (χ4n) is 1.61. The van der Waals surface area contributed by atoms with Gasteiger partial charge in [-0.3, -0.25) is 4.68 Å². The van der Waals surface area contributed by atoms with Crippen LogP contribution in [0.5, 0.6) is 0 Å². The monoisotopic (exact) mass is 359 g/mol. The molecule has 5 nitrogen and oxygen atoms in total. The summed E-state index contributed by atoms with van der Waals surface area (Å²) in [4.78, 5) is 0. The van der Waals surface area contributed by atoms with Crippen molar-refractivity contribution in [3.63, 3.8) is 0 Å². The maximum atomic E-state index is 12.5. The van der Waals surface area contributed by atoms with E-state index in [0.717, 1.165) is 5.69 Å². The lowest BCUT2D eigenvalue weighted by atomic mass is 10.2. The maximum Gasteiger partial charge on any atom is 0.192 e. The molecule has 0 aliphatic carbocycles. The minimum absolute atomic E-state index is 0.144. The molecule has 0 fully saturated rings. The lowest BCUT2D eigenvalue weighted by molar-refractivity contribution is 0.255. The predicted octanol–water partition coefficient (Wildman–Crippen LogP) is 3.53. The van der Waals surface area contributed by atoms with E-state index < -0.39 is 19.3 Å². The number of aromatic nitrogens is 2. The minimum Gasteiger partial charge on any atom is -0.415 e. The van der Waals surface area contributed by atoms with Gasteiger partial charge in [0.25, 0.3) is 0 Å². The minimum atomic E-state index is -1.86. The van der Waals surface area contributed by atoms with Crippen LogP contribution in [0.15, 0.2) is 12.3 Å². The van der Waals surface area contributed by atoms with E-state index in [9.17, 15) is 4.21 Å². The summed E-state index contributed by atoms with van der Waals surface area (Å²) in [5, 5.41) is 4.61. The zero-order valence-corrected chi connectivity index (χ0v) is 17.9. The highest BCUT2D eigenvalue weighted by Crippen LogP contribution is 2.37. The molecule has 0 radical (unpaired) electrons. The average Bonchev–Trinajstić information content (AvgIpc) is 2.78. The quantitative estimate of drug-likeness (QED) is 0.791. The summed E-state index contributed by atoms with van der Waals surface area (Å²) in [6.45, 7) is 17.5. The van der Waals surface area contributed by atoms with Gasteiger partial charge < -0.3 is 4.43 Å². The van der Waals surface area contributed by atoms with E-state index in [-0.39, 0.29) is 15.8 Å². The van der Waals surface area contributed by atoms with Crippen LogP contribution in [0.25, 0.3) is 0 Å². The summed E-state index contributed by atoms with van der Waals surface area (Å²) in [5.41, 5.74) is 0.865. The van der Waals surface area contributed by atoms with Crippen LogP contribution in [0.2, 0.25) is 18.1 Å². The molecule has 7 heteroatoms. The fraction of sp³-hybridized carbons (Fsp3) is 0.812. The number of nitrogens with zero attached hydrogens (tertiary/aromatic N) is 2. The molecule has 0 spiro atoms. The Bertz CT molecular complexity index is 544. The van der Waals surface area contributed by atoms with Crippen molar-refractivity contribution in [2.24, 2.45) is 7.05 Å². The third-order valence-corrected chi connectivity index (χ3v) is 10.4. The second-order valence-electron chi connectivity index (χ2n) is 8.54. The Balaban J connectivity index is 2.91. The molecule has 1 rings (SSSR count). The first-order valence-electron chi connectivity index (χ1n) is 8.05. The van der Waals surface area contributed by atoms with Gasteiger partial charge in [0, 0.05) is 13.2 Å². The molecule has 2 atom stereocenters. The van der Waals surface area contributed by atoms with E-state index in [0.29, 0.717) is 6.61 Å². The van der Waals surface area contributed by atoms with Crippen LogP contribution in [0, 0.1) is 0 Å². The van der Waals surface area contributed by atoms with Crippen molar-refractivity contribution in [1.82, 2.24) is 14.5 Å². The Hall–Kier alpha value is -0.503. The van der Waals surface area contributed by atoms with Crippen LogP contribution >= 0.6 is 0 Å². The molecule has 0 aliphatic heterocycles. The van der Waals surface area contributed by atoms with Crippen molar-refractivity contribution in [2.45, 2.75) is 70.5 Å². The van der Waals surface area contributed by atoms with Gasteiger partial charge in [-0.15, -0.1) is 0 Å². The van der Waals surface area contributed by atoms with Crippen molar-refractivity contribution in [2.75, 3.05) is 6.61 Å². The van der Waals surface area contributed by atoms with Crippen LogP contribution in [-0.2, 0) is 22.5 Å². The third kappa shape index (κ3) is 5.81. The molecule has 0 aliphatic rings. The van der Waals surface area contributed by atoms with Gasteiger partial charge in [-0.1, -0.05) is 20.8 Å². The molecule has 1 N–H and O–H groups in total. The molecule has 1 unspecified atom stereocenters. The summed E-state index contributed by atoms with van der Waals surface area (Å²) in [5.74, 6) is 0. The molecule has 0 aromatic carbocycles. The SMILES string of the molecule is Cn1ccc([C@@H](CO[Si](C)(C)C(C)(C)C)NS(=O)C(C)(C)C)n1. The van der Waals surface area contributed by atoms with Gasteiger partial charge >= 0.3 is 0 Å². The second kappa shape index (κ2) is 7.17. The van der Waals surface area contributed by atoms with Gasteiger partial charge in [-0.05, 0) is 45.0 Å². The molecule has 0 saturated carbocycles. The summed E-state index contributed by atoms with van der Waals surface area (Å²) in [6.07, 6.45) is 1.90. The predicted molar refractivity (Wildman–Crippen MR) is 100 cm³/mol. The summed E-state index contributed by atoms with van der Waals surface area (Å²) in [7, 11) is -1.15. The molecule has 23 heavy (non-hydrogen) atoms.